The van der Waals surface area contributed by atoms with E-state index in [4.69, 9.17) is 9.52 Å². The number of piperidine rings is 1. The van der Waals surface area contributed by atoms with Crippen molar-refractivity contribution in [3.05, 3.63) is 22.6 Å². The maximum absolute atomic E-state index is 12.1. The number of carbonyl (C=O) groups excluding carboxylic acids is 1. The topological polar surface area (TPSA) is 70.8 Å². The lowest BCUT2D eigenvalue weighted by molar-refractivity contribution is -0.143. The van der Waals surface area contributed by atoms with Crippen LogP contribution in [-0.4, -0.2) is 34.5 Å². The molecule has 1 fully saturated rings. The van der Waals surface area contributed by atoms with Crippen molar-refractivity contribution in [2.45, 2.75) is 25.3 Å². The van der Waals surface area contributed by atoms with E-state index >= 15 is 0 Å². The zero-order valence-electron chi connectivity index (χ0n) is 9.06. The number of halogens is 1. The lowest BCUT2D eigenvalue weighted by Gasteiger charge is -2.32. The van der Waals surface area contributed by atoms with E-state index in [9.17, 15) is 9.59 Å². The van der Waals surface area contributed by atoms with Gasteiger partial charge in [0.1, 0.15) is 6.04 Å². The first-order chi connectivity index (χ1) is 8.09. The van der Waals surface area contributed by atoms with Crippen LogP contribution < -0.4 is 0 Å². The Kier molecular flexibility index (Phi) is 3.51. The smallest absolute Gasteiger partial charge is 0.326 e. The fourth-order valence-corrected chi connectivity index (χ4v) is 2.31. The predicted octanol–water partition coefficient (Wildman–Crippen LogP) is 2.12. The molecule has 2 rings (SSSR count). The average Bonchev–Trinajstić information content (AvgIpc) is 2.75. The highest BCUT2D eigenvalue weighted by Crippen LogP contribution is 2.22. The van der Waals surface area contributed by atoms with Crippen molar-refractivity contribution in [3.63, 3.8) is 0 Å². The second kappa shape index (κ2) is 4.91. The molecule has 5 nitrogen and oxygen atoms in total. The summed E-state index contributed by atoms with van der Waals surface area (Å²) >= 11 is 3.11. The molecule has 1 aliphatic rings. The molecule has 0 saturated carbocycles. The van der Waals surface area contributed by atoms with E-state index in [1.807, 2.05) is 0 Å². The minimum absolute atomic E-state index is 0.171. The van der Waals surface area contributed by atoms with Gasteiger partial charge in [-0.1, -0.05) is 0 Å². The van der Waals surface area contributed by atoms with Gasteiger partial charge in [-0.25, -0.2) is 4.79 Å². The number of furan rings is 1. The molecule has 17 heavy (non-hydrogen) atoms. The number of rotatable bonds is 2. The molecule has 0 unspecified atom stereocenters. The molecule has 1 aromatic heterocycles. The van der Waals surface area contributed by atoms with Crippen molar-refractivity contribution in [1.29, 1.82) is 0 Å². The third-order valence-corrected chi connectivity index (χ3v) is 3.26. The Bertz CT molecular complexity index is 442. The zero-order valence-corrected chi connectivity index (χ0v) is 10.6. The van der Waals surface area contributed by atoms with Crippen LogP contribution in [0.25, 0.3) is 0 Å². The van der Waals surface area contributed by atoms with Gasteiger partial charge in [-0.05, 0) is 47.3 Å². The van der Waals surface area contributed by atoms with Crippen LogP contribution in [0.2, 0.25) is 0 Å². The standard InChI is InChI=1S/C11H12BrNO4/c12-9-5-4-8(17-9)10(14)13-6-2-1-3-7(13)11(15)16/h4-5,7H,1-3,6H2,(H,15,16)/t7-/m1/s1. The normalized spacial score (nSPS) is 20.3. The van der Waals surface area contributed by atoms with Gasteiger partial charge in [0.05, 0.1) is 0 Å². The largest absolute Gasteiger partial charge is 0.480 e. The van der Waals surface area contributed by atoms with Gasteiger partial charge in [0.15, 0.2) is 10.4 Å². The molecule has 1 saturated heterocycles. The fraction of sp³-hybridized carbons (Fsp3) is 0.455. The molecule has 0 bridgehead atoms. The highest BCUT2D eigenvalue weighted by molar-refractivity contribution is 9.10. The Morgan fingerprint density at radius 2 is 2.18 bits per heavy atom. The van der Waals surface area contributed by atoms with Crippen molar-refractivity contribution < 1.29 is 19.1 Å². The summed E-state index contributed by atoms with van der Waals surface area (Å²) in [7, 11) is 0. The summed E-state index contributed by atoms with van der Waals surface area (Å²) in [6.45, 7) is 0.466. The van der Waals surface area contributed by atoms with Gasteiger partial charge in [-0.15, -0.1) is 0 Å². The van der Waals surface area contributed by atoms with Crippen molar-refractivity contribution >= 4 is 27.8 Å². The number of nitrogens with zero attached hydrogens (tertiary/aromatic N) is 1. The Labute approximate surface area is 107 Å². The van der Waals surface area contributed by atoms with Gasteiger partial charge in [-0.3, -0.25) is 4.79 Å². The van der Waals surface area contributed by atoms with Crippen molar-refractivity contribution in [3.8, 4) is 0 Å². The number of carboxylic acid groups (broad SMARTS) is 1. The van der Waals surface area contributed by atoms with Crippen LogP contribution in [0, 0.1) is 0 Å². The SMILES string of the molecule is O=C(O)[C@H]1CCCCN1C(=O)c1ccc(Br)o1. The second-order valence-corrected chi connectivity index (χ2v) is 4.73. The van der Waals surface area contributed by atoms with E-state index in [-0.39, 0.29) is 11.7 Å². The number of amides is 1. The van der Waals surface area contributed by atoms with Crippen LogP contribution in [-0.2, 0) is 4.79 Å². The number of carbonyl (C=O) groups is 2. The molecule has 1 N–H and O–H groups in total. The van der Waals surface area contributed by atoms with Crippen LogP contribution in [0.5, 0.6) is 0 Å². The van der Waals surface area contributed by atoms with Crippen molar-refractivity contribution in [2.24, 2.45) is 0 Å². The summed E-state index contributed by atoms with van der Waals surface area (Å²) in [5.74, 6) is -1.14. The maximum Gasteiger partial charge on any atom is 0.326 e. The summed E-state index contributed by atoms with van der Waals surface area (Å²) < 4.78 is 5.62. The van der Waals surface area contributed by atoms with Crippen LogP contribution in [0.15, 0.2) is 21.2 Å². The molecule has 6 heteroatoms. The highest BCUT2D eigenvalue weighted by Gasteiger charge is 2.33. The Morgan fingerprint density at radius 3 is 2.76 bits per heavy atom. The molecule has 1 aromatic rings. The molecular formula is C11H12BrNO4. The first kappa shape index (κ1) is 12.2. The molecule has 1 atom stereocenters. The molecule has 92 valence electrons. The maximum atomic E-state index is 12.1. The summed E-state index contributed by atoms with van der Waals surface area (Å²) in [4.78, 5) is 24.5. The molecule has 1 amide bonds. The molecule has 0 aromatic carbocycles. The third kappa shape index (κ3) is 2.52. The average molecular weight is 302 g/mol. The number of hydrogen-bond acceptors (Lipinski definition) is 3. The molecule has 2 heterocycles. The Hall–Kier alpha value is -1.30. The van der Waals surface area contributed by atoms with Crippen molar-refractivity contribution in [1.82, 2.24) is 4.90 Å². The molecule has 0 aliphatic carbocycles. The number of carboxylic acids is 1. The second-order valence-electron chi connectivity index (χ2n) is 3.95. The summed E-state index contributed by atoms with van der Waals surface area (Å²) in [5, 5.41) is 9.08. The van der Waals surface area contributed by atoms with Gasteiger partial charge in [0.2, 0.25) is 0 Å². The Balaban J connectivity index is 2.19. The summed E-state index contributed by atoms with van der Waals surface area (Å²) in [6, 6.07) is 2.42. The van der Waals surface area contributed by atoms with E-state index in [1.165, 1.54) is 4.90 Å². The predicted molar refractivity (Wildman–Crippen MR) is 62.7 cm³/mol. The molecule has 0 spiro atoms. The lowest BCUT2D eigenvalue weighted by Crippen LogP contribution is -2.47. The molecular weight excluding hydrogens is 290 g/mol. The van der Waals surface area contributed by atoms with Crippen LogP contribution >= 0.6 is 15.9 Å². The van der Waals surface area contributed by atoms with Gasteiger partial charge in [-0.2, -0.15) is 0 Å². The number of likely N-dealkylation sites (tertiary alicyclic amines) is 1. The quantitative estimate of drug-likeness (QED) is 0.908. The van der Waals surface area contributed by atoms with Gasteiger partial charge in [0.25, 0.3) is 5.91 Å². The first-order valence-electron chi connectivity index (χ1n) is 5.38. The van der Waals surface area contributed by atoms with Crippen LogP contribution in [0.4, 0.5) is 0 Å². The van der Waals surface area contributed by atoms with Crippen LogP contribution in [0.1, 0.15) is 29.8 Å². The minimum Gasteiger partial charge on any atom is -0.480 e. The number of hydrogen-bond donors (Lipinski definition) is 1. The Morgan fingerprint density at radius 1 is 1.41 bits per heavy atom. The minimum atomic E-state index is -0.955. The van der Waals surface area contributed by atoms with E-state index in [1.54, 1.807) is 12.1 Å². The van der Waals surface area contributed by atoms with Gasteiger partial charge < -0.3 is 14.4 Å². The van der Waals surface area contributed by atoms with E-state index < -0.39 is 12.0 Å². The lowest BCUT2D eigenvalue weighted by atomic mass is 10.0. The summed E-state index contributed by atoms with van der Waals surface area (Å²) in [6.07, 6.45) is 2.17. The first-order valence-corrected chi connectivity index (χ1v) is 6.18. The van der Waals surface area contributed by atoms with E-state index in [0.717, 1.165) is 12.8 Å². The van der Waals surface area contributed by atoms with E-state index in [0.29, 0.717) is 17.6 Å². The van der Waals surface area contributed by atoms with Crippen LogP contribution in [0.3, 0.4) is 0 Å². The highest BCUT2D eigenvalue weighted by atomic mass is 79.9. The zero-order chi connectivity index (χ0) is 12.4. The van der Waals surface area contributed by atoms with Gasteiger partial charge >= 0.3 is 5.97 Å². The summed E-state index contributed by atoms with van der Waals surface area (Å²) in [5.41, 5.74) is 0. The molecule has 1 aliphatic heterocycles. The van der Waals surface area contributed by atoms with Gasteiger partial charge in [0, 0.05) is 6.54 Å². The molecule has 0 radical (unpaired) electrons. The number of aliphatic carboxylic acids is 1. The fourth-order valence-electron chi connectivity index (χ4n) is 2.00. The monoisotopic (exact) mass is 301 g/mol. The van der Waals surface area contributed by atoms with E-state index in [2.05, 4.69) is 15.9 Å². The third-order valence-electron chi connectivity index (χ3n) is 2.83. The van der Waals surface area contributed by atoms with Crippen molar-refractivity contribution in [2.75, 3.05) is 6.54 Å².